The number of hydrogen-bond acceptors (Lipinski definition) is 6. The van der Waals surface area contributed by atoms with E-state index in [2.05, 4.69) is 22.1 Å². The van der Waals surface area contributed by atoms with Gasteiger partial charge in [0.15, 0.2) is 0 Å². The molecule has 2 N–H and O–H groups in total. The zero-order valence-electron chi connectivity index (χ0n) is 17.4. The van der Waals surface area contributed by atoms with Crippen LogP contribution in [-0.4, -0.2) is 34.4 Å². The third kappa shape index (κ3) is 9.70. The first kappa shape index (κ1) is 28.7. The fraction of sp³-hybridized carbons (Fsp3) is 0.0833. The molecule has 0 amide bonds. The number of para-hydroxylation sites is 2. The van der Waals surface area contributed by atoms with Gasteiger partial charge in [-0.2, -0.15) is 24.3 Å². The summed E-state index contributed by atoms with van der Waals surface area (Å²) < 4.78 is 9.53. The fourth-order valence-electron chi connectivity index (χ4n) is 2.18. The van der Waals surface area contributed by atoms with Gasteiger partial charge in [-0.3, -0.25) is 9.97 Å². The van der Waals surface area contributed by atoms with Crippen molar-refractivity contribution in [2.75, 3.05) is 14.2 Å². The van der Waals surface area contributed by atoms with Gasteiger partial charge in [0.05, 0.1) is 25.6 Å². The molecule has 6 nitrogen and oxygen atoms in total. The van der Waals surface area contributed by atoms with Gasteiger partial charge < -0.3 is 32.1 Å². The van der Waals surface area contributed by atoms with Crippen LogP contribution in [0.4, 0.5) is 0 Å². The molecule has 2 aromatic heterocycles. The topological polar surface area (TPSA) is 84.7 Å². The standard InChI is InChI=1S/C10H8N2.2C7H7O2.ClH.Mn/c1-3-7-11-9(5-1)10-6-2-4-8-12-10;2*1-9-7-5-3-2-4-6(7)8;;/h1-8H;2*2-3,5,8H,1H3;1H;/q;2*-1;;+3/p-1. The molecule has 8 heteroatoms. The number of phenols is 2. The summed E-state index contributed by atoms with van der Waals surface area (Å²) in [5.41, 5.74) is 1.83. The van der Waals surface area contributed by atoms with Crippen LogP contribution in [0.1, 0.15) is 0 Å². The number of methoxy groups -OCH3 is 2. The number of nitrogens with zero attached hydrogens (tertiary/aromatic N) is 2. The minimum Gasteiger partial charge on any atom is -1.00 e. The van der Waals surface area contributed by atoms with Gasteiger partial charge in [-0.1, -0.05) is 12.1 Å². The molecule has 0 atom stereocenters. The van der Waals surface area contributed by atoms with E-state index < -0.39 is 0 Å². The van der Waals surface area contributed by atoms with Crippen molar-refractivity contribution in [3.8, 4) is 34.4 Å². The third-order valence-corrected chi connectivity index (χ3v) is 3.63. The van der Waals surface area contributed by atoms with E-state index in [0.717, 1.165) is 11.4 Å². The van der Waals surface area contributed by atoms with E-state index in [9.17, 15) is 0 Å². The SMILES string of the molecule is COc1ccc[c-]c1O.COc1ccc[c-]c1O.[Cl-].[Mn+3].c1ccc(-c2ccccn2)nc1. The molecule has 0 fully saturated rings. The largest absolute Gasteiger partial charge is 3.00 e. The van der Waals surface area contributed by atoms with E-state index in [-0.39, 0.29) is 41.0 Å². The molecular weight excluding hydrogens is 471 g/mol. The van der Waals surface area contributed by atoms with Crippen molar-refractivity contribution in [1.82, 2.24) is 9.97 Å². The van der Waals surface area contributed by atoms with Crippen LogP contribution in [0, 0.1) is 12.1 Å². The van der Waals surface area contributed by atoms with Crippen LogP contribution in [0.5, 0.6) is 23.0 Å². The van der Waals surface area contributed by atoms with Crippen molar-refractivity contribution >= 4 is 0 Å². The van der Waals surface area contributed by atoms with Crippen LogP contribution in [0.25, 0.3) is 11.4 Å². The number of benzene rings is 2. The quantitative estimate of drug-likeness (QED) is 0.333. The molecule has 2 heterocycles. The molecule has 0 saturated carbocycles. The van der Waals surface area contributed by atoms with Crippen molar-refractivity contribution in [1.29, 1.82) is 0 Å². The number of pyridine rings is 2. The maximum atomic E-state index is 8.93. The van der Waals surface area contributed by atoms with E-state index in [1.165, 1.54) is 14.2 Å². The molecular formula is C24H22ClMnN2O4. The van der Waals surface area contributed by atoms with Gasteiger partial charge in [0, 0.05) is 35.4 Å². The first-order chi connectivity index (χ1) is 14.7. The average molecular weight is 493 g/mol. The summed E-state index contributed by atoms with van der Waals surface area (Å²) >= 11 is 0. The Morgan fingerprint density at radius 3 is 1.31 bits per heavy atom. The number of halogens is 1. The van der Waals surface area contributed by atoms with E-state index >= 15 is 0 Å². The Morgan fingerprint density at radius 1 is 0.656 bits per heavy atom. The van der Waals surface area contributed by atoms with Gasteiger partial charge in [-0.15, -0.1) is 24.3 Å². The van der Waals surface area contributed by atoms with Gasteiger partial charge in [0.25, 0.3) is 0 Å². The van der Waals surface area contributed by atoms with E-state index in [1.807, 2.05) is 36.4 Å². The predicted octanol–water partition coefficient (Wildman–Crippen LogP) is 1.55. The van der Waals surface area contributed by atoms with E-state index in [0.29, 0.717) is 11.5 Å². The van der Waals surface area contributed by atoms with Gasteiger partial charge in [-0.05, 0) is 24.3 Å². The zero-order valence-corrected chi connectivity index (χ0v) is 19.4. The summed E-state index contributed by atoms with van der Waals surface area (Å²) in [6.45, 7) is 0. The molecule has 0 radical (unpaired) electrons. The maximum absolute atomic E-state index is 8.93. The maximum Gasteiger partial charge on any atom is 3.00 e. The molecule has 0 aliphatic carbocycles. The Morgan fingerprint density at radius 2 is 1.06 bits per heavy atom. The Balaban J connectivity index is 0.000000444. The summed E-state index contributed by atoms with van der Waals surface area (Å²) in [6, 6.07) is 26.8. The van der Waals surface area contributed by atoms with E-state index in [1.54, 1.807) is 48.8 Å². The molecule has 4 rings (SSSR count). The second kappa shape index (κ2) is 16.4. The van der Waals surface area contributed by atoms with Crippen molar-refractivity contribution in [2.45, 2.75) is 0 Å². The smallest absolute Gasteiger partial charge is 1.00 e. The molecule has 32 heavy (non-hydrogen) atoms. The van der Waals surface area contributed by atoms with Crippen LogP contribution in [0.2, 0.25) is 0 Å². The number of aromatic nitrogens is 2. The monoisotopic (exact) mass is 492 g/mol. The summed E-state index contributed by atoms with van der Waals surface area (Å²) in [5.74, 6) is 1.02. The zero-order chi connectivity index (χ0) is 21.6. The molecule has 0 spiro atoms. The van der Waals surface area contributed by atoms with Crippen LogP contribution < -0.4 is 21.9 Å². The Labute approximate surface area is 204 Å². The number of rotatable bonds is 3. The average Bonchev–Trinajstić information content (AvgIpc) is 2.82. The van der Waals surface area contributed by atoms with Gasteiger partial charge in [-0.25, -0.2) is 0 Å². The summed E-state index contributed by atoms with van der Waals surface area (Å²) in [6.07, 6.45) is 3.54. The molecule has 4 aromatic rings. The first-order valence-electron chi connectivity index (χ1n) is 8.95. The molecule has 0 aliphatic heterocycles. The molecule has 0 unspecified atom stereocenters. The Kier molecular flexibility index (Phi) is 14.8. The normalized spacial score (nSPS) is 8.69. The third-order valence-electron chi connectivity index (χ3n) is 3.63. The molecule has 0 saturated heterocycles. The van der Waals surface area contributed by atoms with Gasteiger partial charge >= 0.3 is 17.1 Å². The van der Waals surface area contributed by atoms with Crippen LogP contribution >= 0.6 is 0 Å². The van der Waals surface area contributed by atoms with Gasteiger partial charge in [0.2, 0.25) is 0 Å². The predicted molar refractivity (Wildman–Crippen MR) is 114 cm³/mol. The van der Waals surface area contributed by atoms with Gasteiger partial charge in [0.1, 0.15) is 0 Å². The summed E-state index contributed by atoms with van der Waals surface area (Å²) in [7, 11) is 3.01. The van der Waals surface area contributed by atoms with Crippen molar-refractivity contribution in [2.24, 2.45) is 0 Å². The molecule has 0 bridgehead atoms. The van der Waals surface area contributed by atoms with E-state index in [4.69, 9.17) is 19.7 Å². The van der Waals surface area contributed by atoms with Crippen LogP contribution in [-0.2, 0) is 17.1 Å². The fourth-order valence-corrected chi connectivity index (χ4v) is 2.18. The summed E-state index contributed by atoms with van der Waals surface area (Å²) in [4.78, 5) is 8.37. The summed E-state index contributed by atoms with van der Waals surface area (Å²) in [5, 5.41) is 17.9. The number of phenolic OH excluding ortho intramolecular Hbond substituents is 2. The van der Waals surface area contributed by atoms with Crippen LogP contribution in [0.15, 0.2) is 85.2 Å². The van der Waals surface area contributed by atoms with Crippen molar-refractivity contribution in [3.05, 3.63) is 97.3 Å². The number of aromatic hydroxyl groups is 2. The Hall–Kier alpha value is -3.25. The minimum absolute atomic E-state index is 0. The van der Waals surface area contributed by atoms with Crippen molar-refractivity contribution in [3.63, 3.8) is 0 Å². The first-order valence-corrected chi connectivity index (χ1v) is 8.95. The molecule has 2 aromatic carbocycles. The second-order valence-corrected chi connectivity index (χ2v) is 5.60. The van der Waals surface area contributed by atoms with Crippen molar-refractivity contribution < 1.29 is 49.2 Å². The minimum atomic E-state index is 0. The molecule has 166 valence electrons. The Bertz CT molecular complexity index is 926. The second-order valence-electron chi connectivity index (χ2n) is 5.60. The number of hydrogen-bond donors (Lipinski definition) is 2. The number of ether oxygens (including phenoxy) is 2. The van der Waals surface area contributed by atoms with Crippen LogP contribution in [0.3, 0.4) is 0 Å². The molecule has 0 aliphatic rings.